The van der Waals surface area contributed by atoms with Crippen molar-refractivity contribution in [1.82, 2.24) is 10.4 Å². The minimum absolute atomic E-state index is 0.00812. The molecule has 0 radical (unpaired) electrons. The van der Waals surface area contributed by atoms with Crippen molar-refractivity contribution in [3.63, 3.8) is 0 Å². The minimum atomic E-state index is -0.761. The molecule has 3 aromatic rings. The molecule has 0 saturated carbocycles. The van der Waals surface area contributed by atoms with Gasteiger partial charge in [-0.15, -0.1) is 0 Å². The number of hydrazine groups is 1. The van der Waals surface area contributed by atoms with E-state index in [2.05, 4.69) is 85.0 Å². The van der Waals surface area contributed by atoms with Crippen LogP contribution in [0.4, 0.5) is 27.7 Å². The topological polar surface area (TPSA) is 142 Å². The number of pyridine rings is 1. The number of urea groups is 1. The maximum Gasteiger partial charge on any atom is 0.338 e. The number of nitrogens with one attached hydrogen (secondary N) is 4. The molecule has 0 aliphatic heterocycles. The fraction of sp³-hybridized carbons (Fsp3) is 0.400. The van der Waals surface area contributed by atoms with Gasteiger partial charge in [0, 0.05) is 17.4 Å². The van der Waals surface area contributed by atoms with Crippen LogP contribution >= 0.6 is 0 Å². The molecular weight excluding hydrogens is 582 g/mol. The number of methoxy groups -OCH3 is 1. The number of amides is 3. The third-order valence-electron chi connectivity index (χ3n) is 8.33. The van der Waals surface area contributed by atoms with Gasteiger partial charge in [-0.25, -0.2) is 14.6 Å². The SMILES string of the molecule is [C-]#[N+]c1cc(NNC(=O)Nc2cc(NC(=O)C(CC)Oc3ccc(C(C)(C)CC)cc3C(C)(C)CC)ccc2OC)ncc1C#N. The Bertz CT molecular complexity index is 1650. The fourth-order valence-corrected chi connectivity index (χ4v) is 4.52. The lowest BCUT2D eigenvalue weighted by Gasteiger charge is -2.31. The Morgan fingerprint density at radius 3 is 2.30 bits per heavy atom. The summed E-state index contributed by atoms with van der Waals surface area (Å²) in [4.78, 5) is 33.4. The number of carbonyl (C=O) groups excluding carboxylic acids is 2. The Labute approximate surface area is 271 Å². The molecule has 1 heterocycles. The Morgan fingerprint density at radius 2 is 1.70 bits per heavy atom. The van der Waals surface area contributed by atoms with Crippen molar-refractivity contribution >= 4 is 34.8 Å². The van der Waals surface area contributed by atoms with Crippen LogP contribution in [0.5, 0.6) is 11.5 Å². The molecule has 0 saturated heterocycles. The highest BCUT2D eigenvalue weighted by molar-refractivity contribution is 5.97. The molecule has 0 aliphatic carbocycles. The van der Waals surface area contributed by atoms with Crippen LogP contribution in [0.25, 0.3) is 4.85 Å². The number of nitrogens with zero attached hydrogens (tertiary/aromatic N) is 3. The van der Waals surface area contributed by atoms with Gasteiger partial charge < -0.3 is 20.1 Å². The molecule has 11 heteroatoms. The maximum atomic E-state index is 13.5. The van der Waals surface area contributed by atoms with Crippen LogP contribution in [0.15, 0.2) is 48.7 Å². The first-order valence-corrected chi connectivity index (χ1v) is 15.2. The molecule has 0 spiro atoms. The number of carbonyl (C=O) groups is 2. The van der Waals surface area contributed by atoms with Crippen molar-refractivity contribution in [2.24, 2.45) is 0 Å². The number of rotatable bonds is 13. The molecule has 3 amide bonds. The molecule has 1 aromatic heterocycles. The summed E-state index contributed by atoms with van der Waals surface area (Å²) >= 11 is 0. The van der Waals surface area contributed by atoms with Gasteiger partial charge in [0.05, 0.1) is 31.0 Å². The summed E-state index contributed by atoms with van der Waals surface area (Å²) in [6, 6.07) is 13.7. The van der Waals surface area contributed by atoms with Crippen LogP contribution in [-0.2, 0) is 15.6 Å². The molecular formula is C35H43N7O4. The molecule has 0 bridgehead atoms. The number of nitriles is 1. The monoisotopic (exact) mass is 625 g/mol. The number of aromatic nitrogens is 1. The number of ether oxygens (including phenoxy) is 2. The molecule has 0 fully saturated rings. The zero-order chi connectivity index (χ0) is 34.1. The third-order valence-corrected chi connectivity index (χ3v) is 8.33. The Morgan fingerprint density at radius 1 is 1.00 bits per heavy atom. The Hall–Kier alpha value is -5.29. The second-order valence-electron chi connectivity index (χ2n) is 12.1. The Balaban J connectivity index is 1.76. The van der Waals surface area contributed by atoms with Crippen LogP contribution < -0.4 is 31.0 Å². The predicted octanol–water partition coefficient (Wildman–Crippen LogP) is 7.83. The lowest BCUT2D eigenvalue weighted by atomic mass is 9.76. The fourth-order valence-electron chi connectivity index (χ4n) is 4.52. The average Bonchev–Trinajstić information content (AvgIpc) is 3.05. The second kappa shape index (κ2) is 15.1. The van der Waals surface area contributed by atoms with E-state index in [9.17, 15) is 9.59 Å². The van der Waals surface area contributed by atoms with Gasteiger partial charge in [0.1, 0.15) is 17.3 Å². The first-order chi connectivity index (χ1) is 21.8. The van der Waals surface area contributed by atoms with E-state index in [0.717, 1.165) is 18.4 Å². The first-order valence-electron chi connectivity index (χ1n) is 15.2. The van der Waals surface area contributed by atoms with E-state index in [-0.39, 0.29) is 33.8 Å². The highest BCUT2D eigenvalue weighted by atomic mass is 16.5. The van der Waals surface area contributed by atoms with Gasteiger partial charge >= 0.3 is 6.03 Å². The van der Waals surface area contributed by atoms with E-state index in [0.29, 0.717) is 29.3 Å². The Kier molecular flexibility index (Phi) is 11.6. The van der Waals surface area contributed by atoms with E-state index < -0.39 is 12.1 Å². The molecule has 46 heavy (non-hydrogen) atoms. The molecule has 11 nitrogen and oxygen atoms in total. The summed E-state index contributed by atoms with van der Waals surface area (Å²) in [6.45, 7) is 22.2. The van der Waals surface area contributed by atoms with Crippen molar-refractivity contribution < 1.29 is 19.1 Å². The average molecular weight is 626 g/mol. The number of hydrogen-bond donors (Lipinski definition) is 4. The lowest BCUT2D eigenvalue weighted by molar-refractivity contribution is -0.122. The summed E-state index contributed by atoms with van der Waals surface area (Å²) in [5.41, 5.74) is 8.13. The normalized spacial score (nSPS) is 11.8. The van der Waals surface area contributed by atoms with Crippen molar-refractivity contribution in [2.45, 2.75) is 84.7 Å². The lowest BCUT2D eigenvalue weighted by Crippen LogP contribution is -2.34. The number of benzene rings is 2. The van der Waals surface area contributed by atoms with Gasteiger partial charge in [0.25, 0.3) is 5.91 Å². The van der Waals surface area contributed by atoms with E-state index in [1.807, 2.05) is 19.1 Å². The van der Waals surface area contributed by atoms with Gasteiger partial charge in [-0.1, -0.05) is 60.6 Å². The molecule has 1 unspecified atom stereocenters. The molecule has 242 valence electrons. The maximum absolute atomic E-state index is 13.5. The van der Waals surface area contributed by atoms with Crippen molar-refractivity contribution in [2.75, 3.05) is 23.2 Å². The standard InChI is InChI=1S/C35H43N7O4/c1-10-28(46-29-15-13-23(34(4,5)11-2)17-25(29)35(6,7)12-3)32(43)39-24-14-16-30(45-9)27(18-24)40-33(44)42-41-31-19-26(37-8)22(20-36)21-38-31/h13-19,21,28H,10-12H2,1-7,9H3,(H,38,41)(H,39,43)(H2,40,42,44). The third kappa shape index (κ3) is 8.45. The van der Waals surface area contributed by atoms with Gasteiger partial charge in [0.15, 0.2) is 6.10 Å². The van der Waals surface area contributed by atoms with Crippen LogP contribution in [-0.4, -0.2) is 30.1 Å². The van der Waals surface area contributed by atoms with Crippen LogP contribution in [0, 0.1) is 17.9 Å². The minimum Gasteiger partial charge on any atom is -0.495 e. The molecule has 3 rings (SSSR count). The van der Waals surface area contributed by atoms with Gasteiger partial charge in [-0.05, 0) is 66.0 Å². The molecule has 0 aliphatic rings. The predicted molar refractivity (Wildman–Crippen MR) is 180 cm³/mol. The molecule has 4 N–H and O–H groups in total. The molecule has 1 atom stereocenters. The van der Waals surface area contributed by atoms with E-state index in [4.69, 9.17) is 21.3 Å². The quantitative estimate of drug-likeness (QED) is 0.112. The summed E-state index contributed by atoms with van der Waals surface area (Å²) in [6.07, 6.45) is 2.82. The van der Waals surface area contributed by atoms with Crippen LogP contribution in [0.2, 0.25) is 0 Å². The smallest absolute Gasteiger partial charge is 0.338 e. The van der Waals surface area contributed by atoms with Gasteiger partial charge in [0.2, 0.25) is 5.69 Å². The van der Waals surface area contributed by atoms with Crippen LogP contribution in [0.3, 0.4) is 0 Å². The highest BCUT2D eigenvalue weighted by Gasteiger charge is 2.29. The summed E-state index contributed by atoms with van der Waals surface area (Å²) in [5, 5.41) is 14.6. The number of anilines is 3. The van der Waals surface area contributed by atoms with E-state index in [1.165, 1.54) is 24.9 Å². The molecule has 2 aromatic carbocycles. The van der Waals surface area contributed by atoms with Crippen LogP contribution in [0.1, 0.15) is 84.4 Å². The second-order valence-corrected chi connectivity index (χ2v) is 12.1. The zero-order valence-electron chi connectivity index (χ0n) is 27.8. The number of hydrogen-bond acceptors (Lipinski definition) is 7. The summed E-state index contributed by atoms with van der Waals surface area (Å²) in [7, 11) is 1.46. The van der Waals surface area contributed by atoms with Gasteiger partial charge in [-0.3, -0.25) is 15.6 Å². The largest absolute Gasteiger partial charge is 0.495 e. The summed E-state index contributed by atoms with van der Waals surface area (Å²) < 4.78 is 11.8. The zero-order valence-corrected chi connectivity index (χ0v) is 27.8. The van der Waals surface area contributed by atoms with Gasteiger partial charge in [-0.2, -0.15) is 5.26 Å². The first kappa shape index (κ1) is 35.2. The highest BCUT2D eigenvalue weighted by Crippen LogP contribution is 2.39. The van der Waals surface area contributed by atoms with Crippen molar-refractivity contribution in [3.05, 3.63) is 76.8 Å². The van der Waals surface area contributed by atoms with Crippen molar-refractivity contribution in [3.8, 4) is 17.6 Å². The summed E-state index contributed by atoms with van der Waals surface area (Å²) in [5.74, 6) is 0.897. The van der Waals surface area contributed by atoms with E-state index in [1.54, 1.807) is 18.2 Å². The van der Waals surface area contributed by atoms with Crippen molar-refractivity contribution in [1.29, 1.82) is 5.26 Å². The van der Waals surface area contributed by atoms with E-state index >= 15 is 0 Å².